The van der Waals surface area contributed by atoms with E-state index in [0.29, 0.717) is 12.6 Å². The van der Waals surface area contributed by atoms with Crippen molar-refractivity contribution in [3.8, 4) is 5.69 Å². The van der Waals surface area contributed by atoms with Crippen molar-refractivity contribution in [3.63, 3.8) is 0 Å². The monoisotopic (exact) mass is 336 g/mol. The van der Waals surface area contributed by atoms with Crippen LogP contribution in [0.3, 0.4) is 0 Å². The third-order valence-electron chi connectivity index (χ3n) is 4.43. The molecule has 0 bridgehead atoms. The molecular formula is C17H20N8. The summed E-state index contributed by atoms with van der Waals surface area (Å²) in [6, 6.07) is 14.3. The van der Waals surface area contributed by atoms with Gasteiger partial charge < -0.3 is 10.2 Å². The highest BCUT2D eigenvalue weighted by Gasteiger charge is 2.25. The van der Waals surface area contributed by atoms with Crippen molar-refractivity contribution >= 4 is 5.82 Å². The average molecular weight is 336 g/mol. The standard InChI is InChI=1S/C17H20N8/c1-2-6-14(7-3-1)25-17(21-22-23-25)13-18-12-15-8-5-11-24(15)16-9-4-10-19-20-16/h1-4,6-7,9-10,15,18H,5,8,11-13H2/t15-/m0/s1. The van der Waals surface area contributed by atoms with Crippen molar-refractivity contribution < 1.29 is 0 Å². The second-order valence-electron chi connectivity index (χ2n) is 6.04. The number of rotatable bonds is 6. The first-order chi connectivity index (χ1) is 12.4. The van der Waals surface area contributed by atoms with Gasteiger partial charge in [0.25, 0.3) is 0 Å². The molecule has 0 unspecified atom stereocenters. The molecule has 1 aromatic carbocycles. The van der Waals surface area contributed by atoms with Crippen molar-refractivity contribution in [1.29, 1.82) is 0 Å². The highest BCUT2D eigenvalue weighted by molar-refractivity contribution is 5.39. The molecule has 0 amide bonds. The van der Waals surface area contributed by atoms with Gasteiger partial charge in [0.2, 0.25) is 0 Å². The van der Waals surface area contributed by atoms with Crippen LogP contribution < -0.4 is 10.2 Å². The van der Waals surface area contributed by atoms with Gasteiger partial charge in [0.05, 0.1) is 12.2 Å². The zero-order valence-corrected chi connectivity index (χ0v) is 13.9. The lowest BCUT2D eigenvalue weighted by atomic mass is 10.2. The van der Waals surface area contributed by atoms with Crippen LogP contribution in [0.25, 0.3) is 5.69 Å². The van der Waals surface area contributed by atoms with E-state index >= 15 is 0 Å². The summed E-state index contributed by atoms with van der Waals surface area (Å²) in [7, 11) is 0. The van der Waals surface area contributed by atoms with Crippen molar-refractivity contribution in [3.05, 3.63) is 54.5 Å². The number of benzene rings is 1. The molecule has 8 heteroatoms. The van der Waals surface area contributed by atoms with Gasteiger partial charge in [-0.3, -0.25) is 0 Å². The summed E-state index contributed by atoms with van der Waals surface area (Å²) in [6.45, 7) is 2.50. The summed E-state index contributed by atoms with van der Waals surface area (Å²) in [4.78, 5) is 2.32. The molecule has 3 heterocycles. The molecule has 25 heavy (non-hydrogen) atoms. The molecular weight excluding hydrogens is 316 g/mol. The fraction of sp³-hybridized carbons (Fsp3) is 0.353. The molecule has 0 radical (unpaired) electrons. The van der Waals surface area contributed by atoms with Crippen molar-refractivity contribution in [2.24, 2.45) is 0 Å². The van der Waals surface area contributed by atoms with Gasteiger partial charge in [-0.2, -0.15) is 9.78 Å². The molecule has 2 aromatic heterocycles. The van der Waals surface area contributed by atoms with Gasteiger partial charge in [0.15, 0.2) is 11.6 Å². The Balaban J connectivity index is 1.38. The highest BCUT2D eigenvalue weighted by Crippen LogP contribution is 2.22. The summed E-state index contributed by atoms with van der Waals surface area (Å²) < 4.78 is 1.77. The summed E-state index contributed by atoms with van der Waals surface area (Å²) in [5.74, 6) is 1.75. The van der Waals surface area contributed by atoms with Crippen molar-refractivity contribution in [2.45, 2.75) is 25.4 Å². The minimum absolute atomic E-state index is 0.415. The van der Waals surface area contributed by atoms with Crippen LogP contribution >= 0.6 is 0 Å². The number of para-hydroxylation sites is 1. The number of hydrogen-bond acceptors (Lipinski definition) is 7. The van der Waals surface area contributed by atoms with Crippen LogP contribution in [-0.2, 0) is 6.54 Å². The summed E-state index contributed by atoms with van der Waals surface area (Å²) in [5, 5.41) is 23.7. The van der Waals surface area contributed by atoms with Crippen LogP contribution in [0.1, 0.15) is 18.7 Å². The van der Waals surface area contributed by atoms with Crippen LogP contribution in [-0.4, -0.2) is 49.5 Å². The molecule has 1 fully saturated rings. The lowest BCUT2D eigenvalue weighted by molar-refractivity contribution is 0.554. The Labute approximate surface area is 145 Å². The van der Waals surface area contributed by atoms with Gasteiger partial charge in [-0.05, 0) is 47.5 Å². The number of nitrogens with one attached hydrogen (secondary N) is 1. The Hall–Kier alpha value is -2.87. The summed E-state index contributed by atoms with van der Waals surface area (Å²) >= 11 is 0. The molecule has 128 valence electrons. The first-order valence-electron chi connectivity index (χ1n) is 8.49. The average Bonchev–Trinajstić information content (AvgIpc) is 3.33. The zero-order valence-electron chi connectivity index (χ0n) is 13.9. The first-order valence-corrected chi connectivity index (χ1v) is 8.49. The molecule has 3 aromatic rings. The normalized spacial score (nSPS) is 17.1. The lowest BCUT2D eigenvalue weighted by Gasteiger charge is -2.25. The van der Waals surface area contributed by atoms with Crippen LogP contribution in [0.5, 0.6) is 0 Å². The molecule has 1 aliphatic rings. The van der Waals surface area contributed by atoms with Crippen LogP contribution in [0.15, 0.2) is 48.7 Å². The number of aromatic nitrogens is 6. The Morgan fingerprint density at radius 2 is 2.00 bits per heavy atom. The SMILES string of the molecule is c1ccc(-n2nnnc2CNC[C@@H]2CCCN2c2cccnn2)cc1. The predicted octanol–water partition coefficient (Wildman–Crippen LogP) is 1.21. The molecule has 0 saturated carbocycles. The number of anilines is 1. The summed E-state index contributed by atoms with van der Waals surface area (Å²) in [5.41, 5.74) is 0.964. The van der Waals surface area contributed by atoms with Gasteiger partial charge in [-0.1, -0.05) is 18.2 Å². The third kappa shape index (κ3) is 3.48. The second-order valence-corrected chi connectivity index (χ2v) is 6.04. The van der Waals surface area contributed by atoms with E-state index in [9.17, 15) is 0 Å². The van der Waals surface area contributed by atoms with Crippen LogP contribution in [0, 0.1) is 0 Å². The van der Waals surface area contributed by atoms with E-state index in [1.165, 1.54) is 6.42 Å². The Morgan fingerprint density at radius 3 is 2.84 bits per heavy atom. The molecule has 1 aliphatic heterocycles. The smallest absolute Gasteiger partial charge is 0.170 e. The van der Waals surface area contributed by atoms with Crippen molar-refractivity contribution in [2.75, 3.05) is 18.0 Å². The van der Waals surface area contributed by atoms with Gasteiger partial charge in [0, 0.05) is 25.3 Å². The first kappa shape index (κ1) is 15.6. The van der Waals surface area contributed by atoms with E-state index in [-0.39, 0.29) is 0 Å². The maximum Gasteiger partial charge on any atom is 0.170 e. The largest absolute Gasteiger partial charge is 0.351 e. The maximum atomic E-state index is 4.23. The number of nitrogens with zero attached hydrogens (tertiary/aromatic N) is 7. The fourth-order valence-corrected chi connectivity index (χ4v) is 3.23. The van der Waals surface area contributed by atoms with Gasteiger partial charge in [-0.25, -0.2) is 0 Å². The van der Waals surface area contributed by atoms with Crippen LogP contribution in [0.4, 0.5) is 5.82 Å². The highest BCUT2D eigenvalue weighted by atomic mass is 15.5. The van der Waals surface area contributed by atoms with E-state index in [4.69, 9.17) is 0 Å². The molecule has 4 rings (SSSR count). The van der Waals surface area contributed by atoms with E-state index in [2.05, 4.69) is 35.9 Å². The molecule has 8 nitrogen and oxygen atoms in total. The van der Waals surface area contributed by atoms with E-state index in [0.717, 1.165) is 36.8 Å². The summed E-state index contributed by atoms with van der Waals surface area (Å²) in [6.07, 6.45) is 4.02. The van der Waals surface area contributed by atoms with E-state index in [1.807, 2.05) is 42.5 Å². The Bertz CT molecular complexity index is 789. The van der Waals surface area contributed by atoms with E-state index < -0.39 is 0 Å². The maximum absolute atomic E-state index is 4.23. The van der Waals surface area contributed by atoms with Crippen molar-refractivity contribution in [1.82, 2.24) is 35.7 Å². The number of hydrogen-bond donors (Lipinski definition) is 1. The Kier molecular flexibility index (Phi) is 4.60. The molecule has 1 saturated heterocycles. The molecule has 0 aliphatic carbocycles. The topological polar surface area (TPSA) is 84.7 Å². The van der Waals surface area contributed by atoms with Gasteiger partial charge >= 0.3 is 0 Å². The Morgan fingerprint density at radius 1 is 1.08 bits per heavy atom. The molecule has 0 spiro atoms. The van der Waals surface area contributed by atoms with E-state index in [1.54, 1.807) is 10.9 Å². The molecule has 1 N–H and O–H groups in total. The fourth-order valence-electron chi connectivity index (χ4n) is 3.23. The van der Waals surface area contributed by atoms with Crippen LogP contribution in [0.2, 0.25) is 0 Å². The van der Waals surface area contributed by atoms with Gasteiger partial charge in [0.1, 0.15) is 0 Å². The van der Waals surface area contributed by atoms with Gasteiger partial charge in [-0.15, -0.1) is 10.2 Å². The number of tetrazole rings is 1. The second kappa shape index (κ2) is 7.35. The minimum atomic E-state index is 0.415. The molecule has 1 atom stereocenters. The third-order valence-corrected chi connectivity index (χ3v) is 4.43. The zero-order chi connectivity index (χ0) is 16.9. The lowest BCUT2D eigenvalue weighted by Crippen LogP contribution is -2.38. The quantitative estimate of drug-likeness (QED) is 0.724. The predicted molar refractivity (Wildman–Crippen MR) is 93.3 cm³/mol. The minimum Gasteiger partial charge on any atom is -0.351 e.